The Kier molecular flexibility index (Phi) is 4.41. The lowest BCUT2D eigenvalue weighted by molar-refractivity contribution is -0.115. The minimum atomic E-state index is -0.0554. The lowest BCUT2D eigenvalue weighted by atomic mass is 10.2. The van der Waals surface area contributed by atoms with E-state index in [2.05, 4.69) is 17.6 Å². The summed E-state index contributed by atoms with van der Waals surface area (Å²) in [5.41, 5.74) is 0.725. The second-order valence-electron chi connectivity index (χ2n) is 4.08. The average molecular weight is 250 g/mol. The third-order valence-corrected chi connectivity index (χ3v) is 2.54. The molecule has 0 aromatic heterocycles. The summed E-state index contributed by atoms with van der Waals surface area (Å²) in [5.74, 6) is 1.35. The van der Waals surface area contributed by atoms with Crippen molar-refractivity contribution in [3.63, 3.8) is 0 Å². The van der Waals surface area contributed by atoms with Crippen molar-refractivity contribution in [3.05, 3.63) is 18.2 Å². The minimum absolute atomic E-state index is 0.0554. The number of amides is 1. The van der Waals surface area contributed by atoms with Gasteiger partial charge in [-0.15, -0.1) is 0 Å². The number of benzene rings is 1. The van der Waals surface area contributed by atoms with E-state index in [9.17, 15) is 4.79 Å². The summed E-state index contributed by atoms with van der Waals surface area (Å²) >= 11 is 0. The van der Waals surface area contributed by atoms with Gasteiger partial charge in [-0.25, -0.2) is 0 Å². The number of hydrogen-bond donors (Lipinski definition) is 2. The maximum absolute atomic E-state index is 11.6. The van der Waals surface area contributed by atoms with Crippen LogP contribution in [0, 0.1) is 0 Å². The van der Waals surface area contributed by atoms with Crippen molar-refractivity contribution in [2.75, 3.05) is 31.6 Å². The van der Waals surface area contributed by atoms with Gasteiger partial charge in [0.05, 0.1) is 6.54 Å². The fourth-order valence-electron chi connectivity index (χ4n) is 1.70. The van der Waals surface area contributed by atoms with E-state index >= 15 is 0 Å². The highest BCUT2D eigenvalue weighted by atomic mass is 16.6. The second kappa shape index (κ2) is 6.26. The summed E-state index contributed by atoms with van der Waals surface area (Å²) in [5, 5.41) is 5.86. The maximum atomic E-state index is 11.6. The molecule has 1 aromatic rings. The molecule has 0 atom stereocenters. The first-order valence-electron chi connectivity index (χ1n) is 6.20. The van der Waals surface area contributed by atoms with Crippen molar-refractivity contribution in [1.29, 1.82) is 0 Å². The topological polar surface area (TPSA) is 59.6 Å². The molecule has 18 heavy (non-hydrogen) atoms. The molecule has 1 amide bonds. The maximum Gasteiger partial charge on any atom is 0.238 e. The van der Waals surface area contributed by atoms with Crippen LogP contribution in [-0.4, -0.2) is 32.2 Å². The molecule has 1 aliphatic rings. The Morgan fingerprint density at radius 3 is 2.83 bits per heavy atom. The molecule has 0 spiro atoms. The van der Waals surface area contributed by atoms with Gasteiger partial charge in [0.25, 0.3) is 0 Å². The van der Waals surface area contributed by atoms with E-state index in [0.717, 1.165) is 24.4 Å². The molecule has 98 valence electrons. The molecular formula is C13H18N2O3. The minimum Gasteiger partial charge on any atom is -0.486 e. The first kappa shape index (κ1) is 12.7. The van der Waals surface area contributed by atoms with E-state index in [1.165, 1.54) is 0 Å². The quantitative estimate of drug-likeness (QED) is 0.775. The highest BCUT2D eigenvalue weighted by molar-refractivity contribution is 5.92. The van der Waals surface area contributed by atoms with Crippen LogP contribution in [0.5, 0.6) is 11.5 Å². The molecular weight excluding hydrogens is 232 g/mol. The van der Waals surface area contributed by atoms with E-state index in [-0.39, 0.29) is 5.91 Å². The van der Waals surface area contributed by atoms with Crippen LogP contribution in [0.1, 0.15) is 13.3 Å². The number of fused-ring (bicyclic) bond motifs is 1. The number of carbonyl (C=O) groups is 1. The van der Waals surface area contributed by atoms with Gasteiger partial charge in [-0.1, -0.05) is 6.92 Å². The summed E-state index contributed by atoms with van der Waals surface area (Å²) in [4.78, 5) is 11.6. The van der Waals surface area contributed by atoms with E-state index in [1.807, 2.05) is 12.1 Å². The standard InChI is InChI=1S/C13H18N2O3/c1-2-5-14-9-13(16)15-10-3-4-11-12(8-10)18-7-6-17-11/h3-4,8,14H,2,5-7,9H2,1H3,(H,15,16). The van der Waals surface area contributed by atoms with Crippen LogP contribution in [0.3, 0.4) is 0 Å². The molecule has 2 N–H and O–H groups in total. The number of anilines is 1. The Bertz CT molecular complexity index is 421. The van der Waals surface area contributed by atoms with Crippen LogP contribution >= 0.6 is 0 Å². The molecule has 0 saturated carbocycles. The van der Waals surface area contributed by atoms with Crippen LogP contribution in [0.2, 0.25) is 0 Å². The Labute approximate surface area is 106 Å². The Hall–Kier alpha value is -1.75. The monoisotopic (exact) mass is 250 g/mol. The van der Waals surface area contributed by atoms with Gasteiger partial charge < -0.3 is 20.1 Å². The predicted molar refractivity (Wildman–Crippen MR) is 69.2 cm³/mol. The van der Waals surface area contributed by atoms with Crippen LogP contribution in [0.25, 0.3) is 0 Å². The fourth-order valence-corrected chi connectivity index (χ4v) is 1.70. The predicted octanol–water partition coefficient (Wildman–Crippen LogP) is 1.40. The normalized spacial score (nSPS) is 13.2. The summed E-state index contributed by atoms with van der Waals surface area (Å²) in [7, 11) is 0. The first-order valence-corrected chi connectivity index (χ1v) is 6.20. The van der Waals surface area contributed by atoms with Crippen molar-refractivity contribution in [3.8, 4) is 11.5 Å². The third-order valence-electron chi connectivity index (χ3n) is 2.54. The summed E-state index contributed by atoms with van der Waals surface area (Å²) in [6.07, 6.45) is 1.01. The van der Waals surface area contributed by atoms with Gasteiger partial charge in [-0.3, -0.25) is 4.79 Å². The zero-order chi connectivity index (χ0) is 12.8. The van der Waals surface area contributed by atoms with Gasteiger partial charge in [0.2, 0.25) is 5.91 Å². The van der Waals surface area contributed by atoms with Gasteiger partial charge in [-0.05, 0) is 25.1 Å². The molecule has 1 aliphatic heterocycles. The smallest absolute Gasteiger partial charge is 0.238 e. The molecule has 1 aromatic carbocycles. The van der Waals surface area contributed by atoms with Gasteiger partial charge in [-0.2, -0.15) is 0 Å². The number of carbonyl (C=O) groups excluding carboxylic acids is 1. The summed E-state index contributed by atoms with van der Waals surface area (Å²) in [6.45, 7) is 4.34. The van der Waals surface area contributed by atoms with Crippen LogP contribution < -0.4 is 20.1 Å². The number of ether oxygens (including phenoxy) is 2. The molecule has 5 heteroatoms. The molecule has 0 bridgehead atoms. The lowest BCUT2D eigenvalue weighted by Crippen LogP contribution is -2.28. The Morgan fingerprint density at radius 1 is 1.28 bits per heavy atom. The highest BCUT2D eigenvalue weighted by Gasteiger charge is 2.12. The Balaban J connectivity index is 1.91. The van der Waals surface area contributed by atoms with Crippen molar-refractivity contribution >= 4 is 11.6 Å². The molecule has 0 saturated heterocycles. The number of nitrogens with one attached hydrogen (secondary N) is 2. The van der Waals surface area contributed by atoms with Crippen LogP contribution in [-0.2, 0) is 4.79 Å². The van der Waals surface area contributed by atoms with Gasteiger partial charge in [0.15, 0.2) is 11.5 Å². The highest BCUT2D eigenvalue weighted by Crippen LogP contribution is 2.32. The van der Waals surface area contributed by atoms with Crippen LogP contribution in [0.15, 0.2) is 18.2 Å². The summed E-state index contributed by atoms with van der Waals surface area (Å²) < 4.78 is 10.9. The molecule has 0 radical (unpaired) electrons. The number of hydrogen-bond acceptors (Lipinski definition) is 4. The van der Waals surface area contributed by atoms with Gasteiger partial charge >= 0.3 is 0 Å². The van der Waals surface area contributed by atoms with Crippen molar-refractivity contribution in [2.45, 2.75) is 13.3 Å². The fraction of sp³-hybridized carbons (Fsp3) is 0.462. The van der Waals surface area contributed by atoms with Gasteiger partial charge in [0.1, 0.15) is 13.2 Å². The van der Waals surface area contributed by atoms with Gasteiger partial charge in [0, 0.05) is 11.8 Å². The largest absolute Gasteiger partial charge is 0.486 e. The van der Waals surface area contributed by atoms with E-state index in [0.29, 0.717) is 25.5 Å². The van der Waals surface area contributed by atoms with E-state index in [1.54, 1.807) is 6.07 Å². The molecule has 0 aliphatic carbocycles. The van der Waals surface area contributed by atoms with E-state index < -0.39 is 0 Å². The molecule has 0 unspecified atom stereocenters. The van der Waals surface area contributed by atoms with Crippen molar-refractivity contribution < 1.29 is 14.3 Å². The first-order chi connectivity index (χ1) is 8.79. The zero-order valence-corrected chi connectivity index (χ0v) is 10.5. The second-order valence-corrected chi connectivity index (χ2v) is 4.08. The van der Waals surface area contributed by atoms with Crippen molar-refractivity contribution in [2.24, 2.45) is 0 Å². The molecule has 1 heterocycles. The van der Waals surface area contributed by atoms with E-state index in [4.69, 9.17) is 9.47 Å². The SMILES string of the molecule is CCCNCC(=O)Nc1ccc2c(c1)OCCO2. The third kappa shape index (κ3) is 3.37. The Morgan fingerprint density at radius 2 is 2.06 bits per heavy atom. The summed E-state index contributed by atoms with van der Waals surface area (Å²) in [6, 6.07) is 5.40. The zero-order valence-electron chi connectivity index (χ0n) is 10.5. The lowest BCUT2D eigenvalue weighted by Gasteiger charge is -2.19. The molecule has 2 rings (SSSR count). The molecule has 0 fully saturated rings. The average Bonchev–Trinajstić information content (AvgIpc) is 2.39. The number of rotatable bonds is 5. The van der Waals surface area contributed by atoms with Crippen LogP contribution in [0.4, 0.5) is 5.69 Å². The van der Waals surface area contributed by atoms with Crippen molar-refractivity contribution in [1.82, 2.24) is 5.32 Å². The molecule has 5 nitrogen and oxygen atoms in total.